The summed E-state index contributed by atoms with van der Waals surface area (Å²) in [5.74, 6) is 0.511. The number of hydrogen-bond acceptors (Lipinski definition) is 2. The molecule has 0 radical (unpaired) electrons. The molecule has 0 heterocycles. The topological polar surface area (TPSA) is 21.3 Å². The molecule has 0 aliphatic carbocycles. The Balaban J connectivity index is 2.69. The second-order valence-corrected chi connectivity index (χ2v) is 5.89. The lowest BCUT2D eigenvalue weighted by molar-refractivity contribution is 0.104. The van der Waals surface area contributed by atoms with E-state index in [4.69, 9.17) is 27.9 Å². The summed E-state index contributed by atoms with van der Waals surface area (Å²) in [6, 6.07) is 6.29. The fourth-order valence-corrected chi connectivity index (χ4v) is 2.18. The van der Waals surface area contributed by atoms with E-state index in [0.717, 1.165) is 18.8 Å². The molecule has 4 heteroatoms. The molecule has 0 saturated heterocycles. The Morgan fingerprint density at radius 2 is 1.84 bits per heavy atom. The lowest BCUT2D eigenvalue weighted by Gasteiger charge is -2.26. The van der Waals surface area contributed by atoms with Crippen LogP contribution in [0.3, 0.4) is 0 Å². The first-order chi connectivity index (χ1) is 8.95. The van der Waals surface area contributed by atoms with Crippen molar-refractivity contribution < 1.29 is 4.74 Å². The number of halogens is 2. The number of nitrogens with one attached hydrogen (secondary N) is 1. The van der Waals surface area contributed by atoms with Crippen LogP contribution >= 0.6 is 23.2 Å². The Hall–Kier alpha value is -0.280. The number of hydrogen-bond donors (Lipinski definition) is 1. The number of ether oxygens (including phenoxy) is 1. The van der Waals surface area contributed by atoms with Crippen molar-refractivity contribution in [2.24, 2.45) is 5.92 Å². The zero-order valence-electron chi connectivity index (χ0n) is 12.0. The maximum atomic E-state index is 6.06. The molecule has 0 aliphatic rings. The van der Waals surface area contributed by atoms with Crippen LogP contribution in [0.1, 0.15) is 39.3 Å². The minimum absolute atomic E-state index is 0.211. The first-order valence-corrected chi connectivity index (χ1v) is 7.50. The highest BCUT2D eigenvalue weighted by Crippen LogP contribution is 2.26. The van der Waals surface area contributed by atoms with Crippen LogP contribution in [0.25, 0.3) is 0 Å². The van der Waals surface area contributed by atoms with E-state index < -0.39 is 0 Å². The van der Waals surface area contributed by atoms with Crippen LogP contribution < -0.4 is 5.32 Å². The summed E-state index contributed by atoms with van der Waals surface area (Å²) in [6.45, 7) is 9.99. The maximum absolute atomic E-state index is 6.06. The zero-order valence-corrected chi connectivity index (χ0v) is 13.6. The first-order valence-electron chi connectivity index (χ1n) is 6.74. The molecule has 0 saturated carbocycles. The van der Waals surface area contributed by atoms with Gasteiger partial charge in [-0.05, 0) is 37.5 Å². The van der Waals surface area contributed by atoms with Gasteiger partial charge in [0.05, 0.1) is 16.7 Å². The van der Waals surface area contributed by atoms with Gasteiger partial charge in [-0.1, -0.05) is 43.1 Å². The third kappa shape index (κ3) is 5.31. The standard InChI is InChI=1S/C15H23Cl2NO/c1-5-19-9-15(10(2)3)18-11(4)12-6-7-13(16)14(17)8-12/h6-8,10-11,15,18H,5,9H2,1-4H3. The SMILES string of the molecule is CCOCC(NC(C)c1ccc(Cl)c(Cl)c1)C(C)C. The molecule has 1 N–H and O–H groups in total. The summed E-state index contributed by atoms with van der Waals surface area (Å²) in [5.41, 5.74) is 1.14. The molecular formula is C15H23Cl2NO. The van der Waals surface area contributed by atoms with Crippen molar-refractivity contribution in [3.05, 3.63) is 33.8 Å². The zero-order chi connectivity index (χ0) is 14.4. The Labute approximate surface area is 126 Å². The second-order valence-electron chi connectivity index (χ2n) is 5.07. The summed E-state index contributed by atoms with van der Waals surface area (Å²) in [7, 11) is 0. The van der Waals surface area contributed by atoms with Crippen molar-refractivity contribution in [2.75, 3.05) is 13.2 Å². The maximum Gasteiger partial charge on any atom is 0.0622 e. The van der Waals surface area contributed by atoms with Gasteiger partial charge in [-0.2, -0.15) is 0 Å². The van der Waals surface area contributed by atoms with Crippen molar-refractivity contribution in [3.63, 3.8) is 0 Å². The van der Waals surface area contributed by atoms with E-state index in [0.29, 0.717) is 22.0 Å². The van der Waals surface area contributed by atoms with E-state index in [9.17, 15) is 0 Å². The summed E-state index contributed by atoms with van der Waals surface area (Å²) < 4.78 is 5.53. The first kappa shape index (κ1) is 16.8. The Morgan fingerprint density at radius 1 is 1.16 bits per heavy atom. The van der Waals surface area contributed by atoms with Gasteiger partial charge in [-0.25, -0.2) is 0 Å². The second kappa shape index (κ2) is 8.11. The van der Waals surface area contributed by atoms with Gasteiger partial charge < -0.3 is 10.1 Å². The van der Waals surface area contributed by atoms with E-state index in [1.165, 1.54) is 0 Å². The van der Waals surface area contributed by atoms with Gasteiger partial charge in [0, 0.05) is 18.7 Å². The molecule has 0 aromatic heterocycles. The Bertz CT molecular complexity index is 396. The quantitative estimate of drug-likeness (QED) is 0.788. The fourth-order valence-electron chi connectivity index (χ4n) is 1.88. The highest BCUT2D eigenvalue weighted by atomic mass is 35.5. The molecule has 108 valence electrons. The van der Waals surface area contributed by atoms with E-state index in [-0.39, 0.29) is 6.04 Å². The molecule has 2 atom stereocenters. The van der Waals surface area contributed by atoms with Crippen LogP contribution in [0.4, 0.5) is 0 Å². The van der Waals surface area contributed by atoms with Crippen molar-refractivity contribution in [1.82, 2.24) is 5.32 Å². The van der Waals surface area contributed by atoms with Gasteiger partial charge in [-0.3, -0.25) is 0 Å². The monoisotopic (exact) mass is 303 g/mol. The van der Waals surface area contributed by atoms with Gasteiger partial charge >= 0.3 is 0 Å². The van der Waals surface area contributed by atoms with E-state index in [1.807, 2.05) is 25.1 Å². The average molecular weight is 304 g/mol. The van der Waals surface area contributed by atoms with Gasteiger partial charge in [0.15, 0.2) is 0 Å². The van der Waals surface area contributed by atoms with Crippen molar-refractivity contribution in [2.45, 2.75) is 39.8 Å². The molecule has 0 aliphatic heterocycles. The smallest absolute Gasteiger partial charge is 0.0622 e. The molecule has 2 unspecified atom stereocenters. The van der Waals surface area contributed by atoms with Crippen molar-refractivity contribution >= 4 is 23.2 Å². The van der Waals surface area contributed by atoms with E-state index in [2.05, 4.69) is 26.1 Å². The average Bonchev–Trinajstić information content (AvgIpc) is 2.37. The fraction of sp³-hybridized carbons (Fsp3) is 0.600. The minimum Gasteiger partial charge on any atom is -0.380 e. The lowest BCUT2D eigenvalue weighted by atomic mass is 10.0. The van der Waals surface area contributed by atoms with Crippen molar-refractivity contribution in [1.29, 1.82) is 0 Å². The Morgan fingerprint density at radius 3 is 2.37 bits per heavy atom. The van der Waals surface area contributed by atoms with Crippen LogP contribution in [0.5, 0.6) is 0 Å². The predicted molar refractivity (Wildman–Crippen MR) is 83.1 cm³/mol. The summed E-state index contributed by atoms with van der Waals surface area (Å²) in [6.07, 6.45) is 0. The highest BCUT2D eigenvalue weighted by molar-refractivity contribution is 6.42. The molecule has 1 rings (SSSR count). The normalized spacial score (nSPS) is 14.7. The lowest BCUT2D eigenvalue weighted by Crippen LogP contribution is -2.39. The van der Waals surface area contributed by atoms with E-state index >= 15 is 0 Å². The minimum atomic E-state index is 0.211. The molecular weight excluding hydrogens is 281 g/mol. The van der Waals surface area contributed by atoms with Crippen LogP contribution in [0, 0.1) is 5.92 Å². The molecule has 1 aromatic carbocycles. The summed E-state index contributed by atoms with van der Waals surface area (Å²) >= 11 is 12.0. The third-order valence-electron chi connectivity index (χ3n) is 3.21. The molecule has 0 spiro atoms. The number of rotatable bonds is 7. The molecule has 1 aromatic rings. The largest absolute Gasteiger partial charge is 0.380 e. The van der Waals surface area contributed by atoms with Gasteiger partial charge in [0.25, 0.3) is 0 Å². The Kier molecular flexibility index (Phi) is 7.16. The molecule has 0 bridgehead atoms. The number of benzene rings is 1. The predicted octanol–water partition coefficient (Wildman–Crippen LogP) is 4.71. The van der Waals surface area contributed by atoms with E-state index in [1.54, 1.807) is 0 Å². The van der Waals surface area contributed by atoms with Crippen LogP contribution in [0.15, 0.2) is 18.2 Å². The van der Waals surface area contributed by atoms with Crippen LogP contribution in [0.2, 0.25) is 10.0 Å². The van der Waals surface area contributed by atoms with Crippen LogP contribution in [-0.4, -0.2) is 19.3 Å². The van der Waals surface area contributed by atoms with Crippen molar-refractivity contribution in [3.8, 4) is 0 Å². The molecule has 0 amide bonds. The molecule has 0 fully saturated rings. The summed E-state index contributed by atoms with van der Waals surface area (Å²) in [5, 5.41) is 4.77. The molecule has 2 nitrogen and oxygen atoms in total. The summed E-state index contributed by atoms with van der Waals surface area (Å²) in [4.78, 5) is 0. The van der Waals surface area contributed by atoms with Crippen LogP contribution in [-0.2, 0) is 4.74 Å². The van der Waals surface area contributed by atoms with Gasteiger partial charge in [-0.15, -0.1) is 0 Å². The molecule has 19 heavy (non-hydrogen) atoms. The highest BCUT2D eigenvalue weighted by Gasteiger charge is 2.17. The van der Waals surface area contributed by atoms with Gasteiger partial charge in [0.1, 0.15) is 0 Å². The van der Waals surface area contributed by atoms with Gasteiger partial charge in [0.2, 0.25) is 0 Å². The third-order valence-corrected chi connectivity index (χ3v) is 3.95.